The van der Waals surface area contributed by atoms with Crippen molar-refractivity contribution in [3.05, 3.63) is 0 Å². The van der Waals surface area contributed by atoms with Crippen molar-refractivity contribution in [2.45, 2.75) is 52.0 Å². The Morgan fingerprint density at radius 1 is 1.42 bits per heavy atom. The molecular formula is C15H28N2O2. The van der Waals surface area contributed by atoms with E-state index in [-0.39, 0.29) is 17.9 Å². The molecule has 2 N–H and O–H groups in total. The molecule has 0 spiro atoms. The molecule has 1 aliphatic heterocycles. The highest BCUT2D eigenvalue weighted by atomic mass is 16.3. The first-order chi connectivity index (χ1) is 9.12. The summed E-state index contributed by atoms with van der Waals surface area (Å²) in [6.07, 6.45) is 5.57. The fraction of sp³-hybridized carbons (Fsp3) is 0.933. The Labute approximate surface area is 116 Å². The van der Waals surface area contributed by atoms with Gasteiger partial charge in [-0.1, -0.05) is 26.7 Å². The number of carbonyl (C=O) groups excluding carboxylic acids is 1. The summed E-state index contributed by atoms with van der Waals surface area (Å²) in [5, 5.41) is 12.7. The molecule has 19 heavy (non-hydrogen) atoms. The van der Waals surface area contributed by atoms with Crippen molar-refractivity contribution in [1.82, 2.24) is 10.2 Å². The Bertz CT molecular complexity index is 305. The average Bonchev–Trinajstić information content (AvgIpc) is 3.06. The van der Waals surface area contributed by atoms with Gasteiger partial charge in [0.1, 0.15) is 0 Å². The molecule has 1 atom stereocenters. The number of nitrogens with zero attached hydrogens (tertiary/aromatic N) is 1. The van der Waals surface area contributed by atoms with E-state index >= 15 is 0 Å². The molecule has 0 aromatic carbocycles. The summed E-state index contributed by atoms with van der Waals surface area (Å²) >= 11 is 0. The zero-order valence-corrected chi connectivity index (χ0v) is 12.3. The van der Waals surface area contributed by atoms with Gasteiger partial charge in [0.25, 0.3) is 0 Å². The Kier molecular flexibility index (Phi) is 4.85. The van der Waals surface area contributed by atoms with Crippen molar-refractivity contribution in [2.75, 3.05) is 26.2 Å². The number of rotatable bonds is 5. The number of aliphatic hydroxyl groups excluding tert-OH is 1. The van der Waals surface area contributed by atoms with Crippen LogP contribution < -0.4 is 5.32 Å². The molecule has 110 valence electrons. The van der Waals surface area contributed by atoms with Gasteiger partial charge in [0.15, 0.2) is 0 Å². The predicted molar refractivity (Wildman–Crippen MR) is 75.8 cm³/mol. The van der Waals surface area contributed by atoms with Crippen molar-refractivity contribution in [2.24, 2.45) is 11.3 Å². The predicted octanol–water partition coefficient (Wildman–Crippen LogP) is 1.39. The van der Waals surface area contributed by atoms with Crippen molar-refractivity contribution in [3.8, 4) is 0 Å². The van der Waals surface area contributed by atoms with Crippen molar-refractivity contribution < 1.29 is 9.90 Å². The second kappa shape index (κ2) is 6.23. The van der Waals surface area contributed by atoms with Crippen LogP contribution in [-0.2, 0) is 4.79 Å². The largest absolute Gasteiger partial charge is 0.395 e. The van der Waals surface area contributed by atoms with E-state index in [4.69, 9.17) is 0 Å². The van der Waals surface area contributed by atoms with Gasteiger partial charge < -0.3 is 15.3 Å². The maximum atomic E-state index is 13.1. The maximum absolute atomic E-state index is 13.1. The smallest absolute Gasteiger partial charge is 0.230 e. The zero-order valence-electron chi connectivity index (χ0n) is 12.3. The minimum atomic E-state index is -0.252. The number of hydrogen-bond donors (Lipinski definition) is 2. The molecule has 2 aliphatic rings. The lowest BCUT2D eigenvalue weighted by Gasteiger charge is -2.39. The lowest BCUT2D eigenvalue weighted by atomic mass is 9.75. The molecule has 1 aliphatic carbocycles. The van der Waals surface area contributed by atoms with Gasteiger partial charge in [0.2, 0.25) is 5.91 Å². The number of nitrogens with one attached hydrogen (secondary N) is 1. The van der Waals surface area contributed by atoms with Crippen LogP contribution in [-0.4, -0.2) is 48.2 Å². The molecule has 2 fully saturated rings. The van der Waals surface area contributed by atoms with E-state index in [1.807, 2.05) is 4.90 Å². The standard InChI is InChI=1S/C15H28N2O2/c1-12(2)15(7-8-16-11-15)14(19)17(9-10-18)13-5-3-4-6-13/h12-13,16,18H,3-11H2,1-2H3. The molecule has 0 bridgehead atoms. The molecule has 0 radical (unpaired) electrons. The van der Waals surface area contributed by atoms with Crippen LogP contribution in [0.15, 0.2) is 0 Å². The average molecular weight is 268 g/mol. The van der Waals surface area contributed by atoms with E-state index in [1.54, 1.807) is 0 Å². The van der Waals surface area contributed by atoms with Gasteiger partial charge in [-0.05, 0) is 31.7 Å². The Morgan fingerprint density at radius 3 is 2.58 bits per heavy atom. The quantitative estimate of drug-likeness (QED) is 0.792. The fourth-order valence-corrected chi connectivity index (χ4v) is 3.69. The lowest BCUT2D eigenvalue weighted by molar-refractivity contribution is -0.146. The highest BCUT2D eigenvalue weighted by molar-refractivity contribution is 5.84. The minimum Gasteiger partial charge on any atom is -0.395 e. The number of carbonyl (C=O) groups is 1. The summed E-state index contributed by atoms with van der Waals surface area (Å²) in [5.41, 5.74) is -0.252. The van der Waals surface area contributed by atoms with Crippen LogP contribution in [0.1, 0.15) is 46.0 Å². The van der Waals surface area contributed by atoms with Crippen molar-refractivity contribution >= 4 is 5.91 Å². The van der Waals surface area contributed by atoms with E-state index in [0.717, 1.165) is 32.4 Å². The molecule has 1 saturated heterocycles. The Hall–Kier alpha value is -0.610. The van der Waals surface area contributed by atoms with Gasteiger partial charge in [-0.25, -0.2) is 0 Å². The van der Waals surface area contributed by atoms with E-state index < -0.39 is 0 Å². The highest BCUT2D eigenvalue weighted by Crippen LogP contribution is 2.38. The third-order valence-electron chi connectivity index (χ3n) is 5.09. The second-order valence-electron chi connectivity index (χ2n) is 6.40. The van der Waals surface area contributed by atoms with Gasteiger partial charge in [-0.2, -0.15) is 0 Å². The number of amides is 1. The van der Waals surface area contributed by atoms with Gasteiger partial charge in [-0.15, -0.1) is 0 Å². The number of aliphatic hydroxyl groups is 1. The lowest BCUT2D eigenvalue weighted by Crippen LogP contribution is -2.52. The zero-order chi connectivity index (χ0) is 13.9. The molecule has 1 heterocycles. The van der Waals surface area contributed by atoms with E-state index in [9.17, 15) is 9.90 Å². The first kappa shape index (κ1) is 14.8. The minimum absolute atomic E-state index is 0.0733. The molecule has 4 nitrogen and oxygen atoms in total. The summed E-state index contributed by atoms with van der Waals surface area (Å²) in [4.78, 5) is 15.0. The molecule has 2 rings (SSSR count). The third kappa shape index (κ3) is 2.79. The molecule has 1 saturated carbocycles. The van der Waals surface area contributed by atoms with Gasteiger partial charge >= 0.3 is 0 Å². The van der Waals surface area contributed by atoms with Crippen LogP contribution in [0, 0.1) is 11.3 Å². The Balaban J connectivity index is 2.17. The van der Waals surface area contributed by atoms with Gasteiger partial charge in [0.05, 0.1) is 12.0 Å². The molecule has 4 heteroatoms. The van der Waals surface area contributed by atoms with Crippen LogP contribution in [0.2, 0.25) is 0 Å². The molecule has 0 aromatic heterocycles. The third-order valence-corrected chi connectivity index (χ3v) is 5.09. The second-order valence-corrected chi connectivity index (χ2v) is 6.40. The van der Waals surface area contributed by atoms with Gasteiger partial charge in [0, 0.05) is 19.1 Å². The number of hydrogen-bond acceptors (Lipinski definition) is 3. The summed E-state index contributed by atoms with van der Waals surface area (Å²) < 4.78 is 0. The topological polar surface area (TPSA) is 52.6 Å². The van der Waals surface area contributed by atoms with Crippen molar-refractivity contribution in [3.63, 3.8) is 0 Å². The van der Waals surface area contributed by atoms with Crippen LogP contribution in [0.3, 0.4) is 0 Å². The van der Waals surface area contributed by atoms with Crippen LogP contribution in [0.25, 0.3) is 0 Å². The molecule has 0 aromatic rings. The summed E-state index contributed by atoms with van der Waals surface area (Å²) in [6.45, 7) is 6.59. The normalized spacial score (nSPS) is 28.2. The van der Waals surface area contributed by atoms with Crippen LogP contribution >= 0.6 is 0 Å². The first-order valence-electron chi connectivity index (χ1n) is 7.74. The van der Waals surface area contributed by atoms with Crippen molar-refractivity contribution in [1.29, 1.82) is 0 Å². The Morgan fingerprint density at radius 2 is 2.11 bits per heavy atom. The maximum Gasteiger partial charge on any atom is 0.230 e. The molecule has 1 amide bonds. The van der Waals surface area contributed by atoms with Crippen LogP contribution in [0.4, 0.5) is 0 Å². The summed E-state index contributed by atoms with van der Waals surface area (Å²) in [7, 11) is 0. The van der Waals surface area contributed by atoms with E-state index in [2.05, 4.69) is 19.2 Å². The first-order valence-corrected chi connectivity index (χ1v) is 7.74. The summed E-state index contributed by atoms with van der Waals surface area (Å²) in [6, 6.07) is 0.357. The van der Waals surface area contributed by atoms with E-state index in [0.29, 0.717) is 18.5 Å². The SMILES string of the molecule is CC(C)C1(C(=O)N(CCO)C2CCCC2)CCNC1. The van der Waals surface area contributed by atoms with E-state index in [1.165, 1.54) is 12.8 Å². The molecular weight excluding hydrogens is 240 g/mol. The highest BCUT2D eigenvalue weighted by Gasteiger charge is 2.47. The van der Waals surface area contributed by atoms with Gasteiger partial charge in [-0.3, -0.25) is 4.79 Å². The monoisotopic (exact) mass is 268 g/mol. The summed E-state index contributed by atoms with van der Waals surface area (Å²) in [5.74, 6) is 0.617. The molecule has 1 unspecified atom stereocenters. The fourth-order valence-electron chi connectivity index (χ4n) is 3.69. The van der Waals surface area contributed by atoms with Crippen LogP contribution in [0.5, 0.6) is 0 Å².